The number of rotatable bonds is 4. The van der Waals surface area contributed by atoms with Crippen molar-refractivity contribution in [2.24, 2.45) is 5.41 Å². The summed E-state index contributed by atoms with van der Waals surface area (Å²) in [6.07, 6.45) is 2.90. The normalized spacial score (nSPS) is 25.8. The van der Waals surface area contributed by atoms with Gasteiger partial charge in [-0.1, -0.05) is 13.8 Å². The fourth-order valence-corrected chi connectivity index (χ4v) is 3.68. The zero-order chi connectivity index (χ0) is 17.5. The van der Waals surface area contributed by atoms with Gasteiger partial charge in [-0.25, -0.2) is 4.79 Å². The molecular weight excluding hydrogens is 296 g/mol. The van der Waals surface area contributed by atoms with Gasteiger partial charge in [-0.2, -0.15) is 0 Å². The Hall–Kier alpha value is -1.30. The molecule has 1 aliphatic carbocycles. The number of hydrogen-bond acceptors (Lipinski definition) is 4. The standard InChI is InChI=1S/C17H30N2O4/c1-15(2,3)23-14(22)19-10-17(11-19,9-13(20)21)18-12-6-7-16(4,5)8-12/h12,18H,6-11H2,1-5H3,(H,20,21). The lowest BCUT2D eigenvalue weighted by Gasteiger charge is -2.51. The van der Waals surface area contributed by atoms with E-state index < -0.39 is 17.1 Å². The number of nitrogens with one attached hydrogen (secondary N) is 1. The summed E-state index contributed by atoms with van der Waals surface area (Å²) in [6.45, 7) is 10.8. The first-order valence-corrected chi connectivity index (χ1v) is 8.37. The molecule has 0 aromatic carbocycles. The Morgan fingerprint density at radius 3 is 2.35 bits per heavy atom. The maximum atomic E-state index is 12.1. The molecule has 6 nitrogen and oxygen atoms in total. The van der Waals surface area contributed by atoms with Gasteiger partial charge in [0, 0.05) is 19.1 Å². The molecule has 0 bridgehead atoms. The quantitative estimate of drug-likeness (QED) is 0.830. The van der Waals surface area contributed by atoms with Crippen LogP contribution in [0.1, 0.15) is 60.3 Å². The molecule has 1 saturated carbocycles. The molecule has 1 aliphatic heterocycles. The molecular formula is C17H30N2O4. The Balaban J connectivity index is 1.95. The van der Waals surface area contributed by atoms with Crippen molar-refractivity contribution in [1.29, 1.82) is 0 Å². The fourth-order valence-electron chi connectivity index (χ4n) is 3.68. The molecule has 23 heavy (non-hydrogen) atoms. The molecule has 0 radical (unpaired) electrons. The van der Waals surface area contributed by atoms with Crippen molar-refractivity contribution in [3.05, 3.63) is 0 Å². The predicted octanol–water partition coefficient (Wildman–Crippen LogP) is 2.62. The van der Waals surface area contributed by atoms with Crippen LogP contribution in [0.5, 0.6) is 0 Å². The summed E-state index contributed by atoms with van der Waals surface area (Å²) in [5.41, 5.74) is -0.754. The third kappa shape index (κ3) is 4.83. The highest BCUT2D eigenvalue weighted by molar-refractivity contribution is 5.73. The minimum absolute atomic E-state index is 0.0310. The van der Waals surface area contributed by atoms with Crippen LogP contribution < -0.4 is 5.32 Å². The third-order valence-corrected chi connectivity index (χ3v) is 4.61. The molecule has 1 amide bonds. The van der Waals surface area contributed by atoms with E-state index in [0.29, 0.717) is 24.5 Å². The van der Waals surface area contributed by atoms with Crippen molar-refractivity contribution in [2.45, 2.75) is 77.5 Å². The van der Waals surface area contributed by atoms with E-state index in [1.165, 1.54) is 0 Å². The molecule has 1 heterocycles. The van der Waals surface area contributed by atoms with Gasteiger partial charge in [-0.3, -0.25) is 4.79 Å². The SMILES string of the molecule is CC1(C)CCC(NC2(CC(=O)O)CN(C(=O)OC(C)(C)C)C2)C1. The van der Waals surface area contributed by atoms with Gasteiger partial charge < -0.3 is 20.1 Å². The Bertz CT molecular complexity index is 475. The molecule has 1 saturated heterocycles. The lowest BCUT2D eigenvalue weighted by Crippen LogP contribution is -2.72. The van der Waals surface area contributed by atoms with Crippen LogP contribution in [0.15, 0.2) is 0 Å². The highest BCUT2D eigenvalue weighted by Crippen LogP contribution is 2.39. The van der Waals surface area contributed by atoms with Gasteiger partial charge in [0.1, 0.15) is 5.60 Å². The summed E-state index contributed by atoms with van der Waals surface area (Å²) in [5, 5.41) is 12.8. The molecule has 132 valence electrons. The second kappa shape index (κ2) is 5.96. The van der Waals surface area contributed by atoms with Crippen molar-refractivity contribution >= 4 is 12.1 Å². The van der Waals surface area contributed by atoms with E-state index >= 15 is 0 Å². The van der Waals surface area contributed by atoms with E-state index in [9.17, 15) is 14.7 Å². The van der Waals surface area contributed by atoms with Crippen LogP contribution >= 0.6 is 0 Å². The van der Waals surface area contributed by atoms with Crippen molar-refractivity contribution in [3.63, 3.8) is 0 Å². The van der Waals surface area contributed by atoms with E-state index in [2.05, 4.69) is 19.2 Å². The number of hydrogen-bond donors (Lipinski definition) is 2. The molecule has 2 aliphatic rings. The van der Waals surface area contributed by atoms with Crippen LogP contribution in [0.3, 0.4) is 0 Å². The summed E-state index contributed by atoms with van der Waals surface area (Å²) >= 11 is 0. The van der Waals surface area contributed by atoms with E-state index in [1.807, 2.05) is 20.8 Å². The highest BCUT2D eigenvalue weighted by Gasteiger charge is 2.49. The maximum Gasteiger partial charge on any atom is 0.410 e. The first-order chi connectivity index (χ1) is 10.4. The summed E-state index contributed by atoms with van der Waals surface area (Å²) < 4.78 is 5.35. The zero-order valence-corrected chi connectivity index (χ0v) is 14.9. The van der Waals surface area contributed by atoms with Gasteiger partial charge in [-0.05, 0) is 45.4 Å². The van der Waals surface area contributed by atoms with Crippen LogP contribution in [0.2, 0.25) is 0 Å². The Morgan fingerprint density at radius 1 is 1.30 bits per heavy atom. The molecule has 2 fully saturated rings. The fraction of sp³-hybridized carbons (Fsp3) is 0.882. The first kappa shape index (κ1) is 18.0. The number of nitrogens with zero attached hydrogens (tertiary/aromatic N) is 1. The van der Waals surface area contributed by atoms with Gasteiger partial charge in [0.25, 0.3) is 0 Å². The van der Waals surface area contributed by atoms with Crippen LogP contribution in [0.4, 0.5) is 4.79 Å². The van der Waals surface area contributed by atoms with E-state index in [4.69, 9.17) is 4.74 Å². The summed E-state index contributed by atoms with van der Waals surface area (Å²) in [7, 11) is 0. The van der Waals surface area contributed by atoms with Crippen molar-refractivity contribution < 1.29 is 19.4 Å². The first-order valence-electron chi connectivity index (χ1n) is 8.37. The summed E-state index contributed by atoms with van der Waals surface area (Å²) in [4.78, 5) is 24.9. The largest absolute Gasteiger partial charge is 0.481 e. The molecule has 2 N–H and O–H groups in total. The molecule has 0 spiro atoms. The minimum Gasteiger partial charge on any atom is -0.481 e. The molecule has 2 rings (SSSR count). The molecule has 0 aromatic rings. The van der Waals surface area contributed by atoms with Crippen LogP contribution in [-0.2, 0) is 9.53 Å². The second-order valence-electron chi connectivity index (χ2n) is 8.94. The van der Waals surface area contributed by atoms with E-state index in [1.54, 1.807) is 4.90 Å². The average Bonchev–Trinajstić information content (AvgIpc) is 2.61. The lowest BCUT2D eigenvalue weighted by atomic mass is 9.85. The van der Waals surface area contributed by atoms with Crippen LogP contribution in [0, 0.1) is 5.41 Å². The number of aliphatic carboxylic acids is 1. The monoisotopic (exact) mass is 326 g/mol. The topological polar surface area (TPSA) is 78.9 Å². The van der Waals surface area contributed by atoms with Gasteiger partial charge in [0.15, 0.2) is 0 Å². The van der Waals surface area contributed by atoms with Crippen molar-refractivity contribution in [3.8, 4) is 0 Å². The number of carboxylic acids is 1. The molecule has 1 atom stereocenters. The number of ether oxygens (including phenoxy) is 1. The van der Waals surface area contributed by atoms with Gasteiger partial charge >= 0.3 is 12.1 Å². The third-order valence-electron chi connectivity index (χ3n) is 4.61. The van der Waals surface area contributed by atoms with Crippen LogP contribution in [0.25, 0.3) is 0 Å². The number of carbonyl (C=O) groups excluding carboxylic acids is 1. The predicted molar refractivity (Wildman–Crippen MR) is 87.3 cm³/mol. The molecule has 1 unspecified atom stereocenters. The summed E-state index contributed by atoms with van der Waals surface area (Å²) in [6, 6.07) is 0.324. The number of carbonyl (C=O) groups is 2. The lowest BCUT2D eigenvalue weighted by molar-refractivity contribution is -0.141. The number of likely N-dealkylation sites (tertiary alicyclic amines) is 1. The number of carboxylic acid groups (broad SMARTS) is 1. The maximum absolute atomic E-state index is 12.1. The Labute approximate surface area is 138 Å². The minimum atomic E-state index is -0.835. The highest BCUT2D eigenvalue weighted by atomic mass is 16.6. The van der Waals surface area contributed by atoms with Crippen molar-refractivity contribution in [2.75, 3.05) is 13.1 Å². The average molecular weight is 326 g/mol. The van der Waals surface area contributed by atoms with Gasteiger partial charge in [0.2, 0.25) is 0 Å². The molecule has 0 aromatic heterocycles. The number of amides is 1. The van der Waals surface area contributed by atoms with E-state index in [0.717, 1.165) is 19.3 Å². The smallest absolute Gasteiger partial charge is 0.410 e. The van der Waals surface area contributed by atoms with Crippen molar-refractivity contribution in [1.82, 2.24) is 10.2 Å². The van der Waals surface area contributed by atoms with E-state index in [-0.39, 0.29) is 12.5 Å². The Kier molecular flexibility index (Phi) is 4.68. The van der Waals surface area contributed by atoms with Gasteiger partial charge in [0.05, 0.1) is 12.0 Å². The second-order valence-corrected chi connectivity index (χ2v) is 8.94. The summed E-state index contributed by atoms with van der Waals surface area (Å²) in [5.74, 6) is -0.835. The zero-order valence-electron chi connectivity index (χ0n) is 14.9. The van der Waals surface area contributed by atoms with Gasteiger partial charge in [-0.15, -0.1) is 0 Å². The Morgan fingerprint density at radius 2 is 1.91 bits per heavy atom. The molecule has 6 heteroatoms. The van der Waals surface area contributed by atoms with Crippen LogP contribution in [-0.4, -0.2) is 52.3 Å².